The van der Waals surface area contributed by atoms with Crippen molar-refractivity contribution in [3.8, 4) is 11.3 Å². The average Bonchev–Trinajstić information content (AvgIpc) is 2.70. The monoisotopic (exact) mass is 248 g/mol. The fourth-order valence-corrected chi connectivity index (χ4v) is 2.10. The Morgan fingerprint density at radius 3 is 2.41 bits per heavy atom. The molecule has 0 radical (unpaired) electrons. The highest BCUT2D eigenvalue weighted by Gasteiger charge is 2.09. The van der Waals surface area contributed by atoms with Crippen LogP contribution in [0.1, 0.15) is 30.9 Å². The number of benzene rings is 1. The molecule has 2 aromatic rings. The lowest BCUT2D eigenvalue weighted by Crippen LogP contribution is -1.90. The summed E-state index contributed by atoms with van der Waals surface area (Å²) in [5, 5.41) is 4.46. The maximum atomic E-state index is 5.92. The molecule has 0 aliphatic carbocycles. The van der Waals surface area contributed by atoms with E-state index in [4.69, 9.17) is 11.6 Å². The van der Waals surface area contributed by atoms with E-state index < -0.39 is 0 Å². The molecule has 3 heteroatoms. The summed E-state index contributed by atoms with van der Waals surface area (Å²) in [6, 6.07) is 8.56. The summed E-state index contributed by atoms with van der Waals surface area (Å²) >= 11 is 5.92. The van der Waals surface area contributed by atoms with E-state index in [1.54, 1.807) is 0 Å². The van der Waals surface area contributed by atoms with Gasteiger partial charge in [-0.25, -0.2) is 0 Å². The van der Waals surface area contributed by atoms with Crippen molar-refractivity contribution in [3.05, 3.63) is 41.6 Å². The first-order valence-corrected chi connectivity index (χ1v) is 6.34. The molecule has 0 unspecified atom stereocenters. The molecule has 0 saturated carbocycles. The van der Waals surface area contributed by atoms with Crippen molar-refractivity contribution < 1.29 is 0 Å². The van der Waals surface area contributed by atoms with Crippen LogP contribution in [0.3, 0.4) is 0 Å². The van der Waals surface area contributed by atoms with Gasteiger partial charge in [0.15, 0.2) is 0 Å². The van der Waals surface area contributed by atoms with Gasteiger partial charge in [0.1, 0.15) is 0 Å². The third kappa shape index (κ3) is 2.52. The molecule has 0 aliphatic rings. The van der Waals surface area contributed by atoms with Crippen LogP contribution in [-0.4, -0.2) is 9.78 Å². The van der Waals surface area contributed by atoms with E-state index >= 15 is 0 Å². The highest BCUT2D eigenvalue weighted by atomic mass is 35.5. The fraction of sp³-hybridized carbons (Fsp3) is 0.357. The van der Waals surface area contributed by atoms with Crippen LogP contribution < -0.4 is 0 Å². The second-order valence-electron chi connectivity index (χ2n) is 4.59. The smallest absolute Gasteiger partial charge is 0.0967 e. The lowest BCUT2D eigenvalue weighted by molar-refractivity contribution is 0.770. The maximum Gasteiger partial charge on any atom is 0.0967 e. The first-order valence-electron chi connectivity index (χ1n) is 5.80. The zero-order valence-corrected chi connectivity index (χ0v) is 11.2. The molecular formula is C14H17ClN2. The molecule has 2 rings (SSSR count). The number of rotatable bonds is 3. The minimum atomic E-state index is 0.495. The Morgan fingerprint density at radius 1 is 1.24 bits per heavy atom. The van der Waals surface area contributed by atoms with E-state index in [2.05, 4.69) is 43.2 Å². The molecule has 2 nitrogen and oxygen atoms in total. The van der Waals surface area contributed by atoms with Crippen LogP contribution in [0.25, 0.3) is 11.3 Å². The van der Waals surface area contributed by atoms with Gasteiger partial charge >= 0.3 is 0 Å². The maximum absolute atomic E-state index is 5.92. The molecule has 1 heterocycles. The summed E-state index contributed by atoms with van der Waals surface area (Å²) in [6.45, 7) is 4.39. The van der Waals surface area contributed by atoms with E-state index in [1.807, 2.05) is 17.9 Å². The van der Waals surface area contributed by atoms with Crippen molar-refractivity contribution in [2.75, 3.05) is 0 Å². The Kier molecular flexibility index (Phi) is 3.53. The summed E-state index contributed by atoms with van der Waals surface area (Å²) in [4.78, 5) is 0. The first-order chi connectivity index (χ1) is 8.11. The molecule has 0 aliphatic heterocycles. The first kappa shape index (κ1) is 12.2. The zero-order chi connectivity index (χ0) is 12.4. The van der Waals surface area contributed by atoms with Gasteiger partial charge in [0.25, 0.3) is 0 Å². The molecule has 1 aromatic carbocycles. The molecule has 0 fully saturated rings. The van der Waals surface area contributed by atoms with Crippen molar-refractivity contribution in [1.29, 1.82) is 0 Å². The van der Waals surface area contributed by atoms with Crippen LogP contribution in [0.2, 0.25) is 0 Å². The molecule has 0 bridgehead atoms. The van der Waals surface area contributed by atoms with Crippen LogP contribution in [-0.2, 0) is 12.9 Å². The molecule has 0 spiro atoms. The Hall–Kier alpha value is -1.28. The fourth-order valence-electron chi connectivity index (χ4n) is 1.90. The van der Waals surface area contributed by atoms with Crippen LogP contribution in [0.15, 0.2) is 30.5 Å². The lowest BCUT2D eigenvalue weighted by Gasteiger charge is -2.06. The molecule has 0 N–H and O–H groups in total. The number of hydrogen-bond acceptors (Lipinski definition) is 1. The molecular weight excluding hydrogens is 232 g/mol. The van der Waals surface area contributed by atoms with E-state index in [1.165, 1.54) is 5.56 Å². The Balaban J connectivity index is 2.39. The van der Waals surface area contributed by atoms with Gasteiger partial charge in [-0.3, -0.25) is 4.68 Å². The van der Waals surface area contributed by atoms with Gasteiger partial charge in [0.05, 0.1) is 11.6 Å². The quantitative estimate of drug-likeness (QED) is 0.752. The van der Waals surface area contributed by atoms with E-state index in [0.29, 0.717) is 11.8 Å². The standard InChI is InChI=1S/C14H17ClN2/c1-10(2)11-4-6-12(7-5-11)14-13(8-15)9-17(3)16-14/h4-7,9-10H,8H2,1-3H3. The number of alkyl halides is 1. The highest BCUT2D eigenvalue weighted by molar-refractivity contribution is 6.17. The van der Waals surface area contributed by atoms with Gasteiger partial charge in [0.2, 0.25) is 0 Å². The van der Waals surface area contributed by atoms with E-state index in [9.17, 15) is 0 Å². The topological polar surface area (TPSA) is 17.8 Å². The summed E-state index contributed by atoms with van der Waals surface area (Å²) in [6.07, 6.45) is 1.97. The van der Waals surface area contributed by atoms with Crippen LogP contribution in [0.4, 0.5) is 0 Å². The van der Waals surface area contributed by atoms with Crippen molar-refractivity contribution in [2.24, 2.45) is 7.05 Å². The van der Waals surface area contributed by atoms with Crippen LogP contribution >= 0.6 is 11.6 Å². The Labute approximate surface area is 107 Å². The molecule has 90 valence electrons. The van der Waals surface area contributed by atoms with Gasteiger partial charge in [-0.05, 0) is 11.5 Å². The summed E-state index contributed by atoms with van der Waals surface area (Å²) in [5.74, 6) is 1.05. The van der Waals surface area contributed by atoms with E-state index in [-0.39, 0.29) is 0 Å². The predicted octanol–water partition coefficient (Wildman–Crippen LogP) is 3.95. The van der Waals surface area contributed by atoms with Crippen molar-refractivity contribution in [1.82, 2.24) is 9.78 Å². The van der Waals surface area contributed by atoms with Gasteiger partial charge in [-0.1, -0.05) is 38.1 Å². The minimum Gasteiger partial charge on any atom is -0.275 e. The van der Waals surface area contributed by atoms with Gasteiger partial charge in [-0.15, -0.1) is 11.6 Å². The number of halogens is 1. The summed E-state index contributed by atoms with van der Waals surface area (Å²) < 4.78 is 1.81. The van der Waals surface area contributed by atoms with E-state index in [0.717, 1.165) is 16.8 Å². The normalized spacial score (nSPS) is 11.1. The Bertz CT molecular complexity index is 497. The third-order valence-corrected chi connectivity index (χ3v) is 3.19. The van der Waals surface area contributed by atoms with Gasteiger partial charge in [-0.2, -0.15) is 5.10 Å². The molecule has 17 heavy (non-hydrogen) atoms. The summed E-state index contributed by atoms with van der Waals surface area (Å²) in [7, 11) is 1.92. The molecule has 0 amide bonds. The Morgan fingerprint density at radius 2 is 1.88 bits per heavy atom. The zero-order valence-electron chi connectivity index (χ0n) is 10.4. The predicted molar refractivity (Wildman–Crippen MR) is 72.3 cm³/mol. The number of aromatic nitrogens is 2. The number of aryl methyl sites for hydroxylation is 1. The molecule has 0 saturated heterocycles. The lowest BCUT2D eigenvalue weighted by atomic mass is 10.00. The minimum absolute atomic E-state index is 0.495. The van der Waals surface area contributed by atoms with Crippen LogP contribution in [0, 0.1) is 0 Å². The second kappa shape index (κ2) is 4.92. The van der Waals surface area contributed by atoms with Crippen molar-refractivity contribution >= 4 is 11.6 Å². The molecule has 1 aromatic heterocycles. The molecule has 0 atom stereocenters. The van der Waals surface area contributed by atoms with Crippen molar-refractivity contribution in [3.63, 3.8) is 0 Å². The SMILES string of the molecule is CC(C)c1ccc(-c2nn(C)cc2CCl)cc1. The second-order valence-corrected chi connectivity index (χ2v) is 4.85. The van der Waals surface area contributed by atoms with Gasteiger partial charge in [0, 0.05) is 24.4 Å². The third-order valence-electron chi connectivity index (χ3n) is 2.90. The van der Waals surface area contributed by atoms with Gasteiger partial charge < -0.3 is 0 Å². The van der Waals surface area contributed by atoms with Crippen molar-refractivity contribution in [2.45, 2.75) is 25.6 Å². The average molecular weight is 249 g/mol. The number of nitrogens with zero attached hydrogens (tertiary/aromatic N) is 2. The summed E-state index contributed by atoms with van der Waals surface area (Å²) in [5.41, 5.74) is 4.53. The number of hydrogen-bond donors (Lipinski definition) is 0. The van der Waals surface area contributed by atoms with Crippen LogP contribution in [0.5, 0.6) is 0 Å². The highest BCUT2D eigenvalue weighted by Crippen LogP contribution is 2.25. The largest absolute Gasteiger partial charge is 0.275 e.